The molecule has 0 aliphatic rings. The van der Waals surface area contributed by atoms with Crippen LogP contribution in [0.5, 0.6) is 0 Å². The molecule has 1 amide bonds. The molecule has 0 radical (unpaired) electrons. The summed E-state index contributed by atoms with van der Waals surface area (Å²) in [6.45, 7) is 0. The fourth-order valence-corrected chi connectivity index (χ4v) is 4.03. The van der Waals surface area contributed by atoms with E-state index in [0.29, 0.717) is 10.6 Å². The lowest BCUT2D eigenvalue weighted by molar-refractivity contribution is -0.111. The van der Waals surface area contributed by atoms with Crippen molar-refractivity contribution < 1.29 is 14.3 Å². The standard InChI is InChI=1S/C19H15NO3S2/c1-23-19(22)17-14(15-8-5-11-24-15)12-25-18(17)20-16(21)10-9-13-6-3-2-4-7-13/h2-12H,1H3,(H,20,21)/b10-9+. The van der Waals surface area contributed by atoms with E-state index >= 15 is 0 Å². The number of methoxy groups -OCH3 is 1. The van der Waals surface area contributed by atoms with Gasteiger partial charge in [0, 0.05) is 21.9 Å². The maximum Gasteiger partial charge on any atom is 0.341 e. The van der Waals surface area contributed by atoms with Crippen LogP contribution in [0.15, 0.2) is 59.3 Å². The van der Waals surface area contributed by atoms with Crippen molar-refractivity contribution in [1.29, 1.82) is 0 Å². The normalized spacial score (nSPS) is 10.8. The third-order valence-corrected chi connectivity index (χ3v) is 5.23. The van der Waals surface area contributed by atoms with Gasteiger partial charge in [-0.15, -0.1) is 22.7 Å². The van der Waals surface area contributed by atoms with Crippen molar-refractivity contribution in [1.82, 2.24) is 0 Å². The smallest absolute Gasteiger partial charge is 0.341 e. The zero-order valence-corrected chi connectivity index (χ0v) is 15.0. The largest absolute Gasteiger partial charge is 0.465 e. The fourth-order valence-electron chi connectivity index (χ4n) is 2.26. The highest BCUT2D eigenvalue weighted by atomic mass is 32.1. The first-order valence-corrected chi connectivity index (χ1v) is 9.22. The summed E-state index contributed by atoms with van der Waals surface area (Å²) in [4.78, 5) is 25.4. The van der Waals surface area contributed by atoms with Gasteiger partial charge in [0.05, 0.1) is 7.11 Å². The summed E-state index contributed by atoms with van der Waals surface area (Å²) in [5.41, 5.74) is 2.09. The summed E-state index contributed by atoms with van der Waals surface area (Å²) < 4.78 is 4.89. The molecule has 0 bridgehead atoms. The van der Waals surface area contributed by atoms with Crippen LogP contribution in [-0.4, -0.2) is 19.0 Å². The molecule has 1 N–H and O–H groups in total. The van der Waals surface area contributed by atoms with E-state index in [1.54, 1.807) is 6.08 Å². The highest BCUT2D eigenvalue weighted by Crippen LogP contribution is 2.38. The molecule has 0 atom stereocenters. The predicted molar refractivity (Wildman–Crippen MR) is 103 cm³/mol. The molecule has 126 valence electrons. The minimum Gasteiger partial charge on any atom is -0.465 e. The van der Waals surface area contributed by atoms with Crippen molar-refractivity contribution in [2.24, 2.45) is 0 Å². The van der Waals surface area contributed by atoms with Crippen LogP contribution in [0.1, 0.15) is 15.9 Å². The number of hydrogen-bond acceptors (Lipinski definition) is 5. The average molecular weight is 369 g/mol. The molecule has 4 nitrogen and oxygen atoms in total. The second-order valence-electron chi connectivity index (χ2n) is 5.06. The summed E-state index contributed by atoms with van der Waals surface area (Å²) in [6, 6.07) is 13.4. The Bertz CT molecular complexity index is 896. The number of anilines is 1. The number of amides is 1. The third-order valence-electron chi connectivity index (χ3n) is 3.43. The molecule has 3 rings (SSSR count). The molecule has 1 aromatic carbocycles. The van der Waals surface area contributed by atoms with E-state index in [9.17, 15) is 9.59 Å². The van der Waals surface area contributed by atoms with Gasteiger partial charge in [-0.1, -0.05) is 36.4 Å². The molecule has 0 saturated carbocycles. The van der Waals surface area contributed by atoms with Gasteiger partial charge in [0.15, 0.2) is 0 Å². The molecule has 0 fully saturated rings. The minimum atomic E-state index is -0.466. The van der Waals surface area contributed by atoms with E-state index in [0.717, 1.165) is 16.0 Å². The van der Waals surface area contributed by atoms with Gasteiger partial charge in [-0.05, 0) is 23.1 Å². The van der Waals surface area contributed by atoms with Gasteiger partial charge in [-0.3, -0.25) is 4.79 Å². The Morgan fingerprint density at radius 2 is 1.88 bits per heavy atom. The Morgan fingerprint density at radius 1 is 1.08 bits per heavy atom. The SMILES string of the molecule is COC(=O)c1c(-c2cccs2)csc1NC(=O)/C=C/c1ccccc1. The van der Waals surface area contributed by atoms with Crippen molar-refractivity contribution in [2.45, 2.75) is 0 Å². The van der Waals surface area contributed by atoms with E-state index in [2.05, 4.69) is 5.32 Å². The number of hydrogen-bond donors (Lipinski definition) is 1. The lowest BCUT2D eigenvalue weighted by Gasteiger charge is -2.05. The lowest BCUT2D eigenvalue weighted by atomic mass is 10.1. The zero-order chi connectivity index (χ0) is 17.6. The van der Waals surface area contributed by atoms with Gasteiger partial charge < -0.3 is 10.1 Å². The molecule has 6 heteroatoms. The van der Waals surface area contributed by atoms with Crippen LogP contribution >= 0.6 is 22.7 Å². The number of thiophene rings is 2. The Kier molecular flexibility index (Phi) is 5.42. The van der Waals surface area contributed by atoms with Crippen LogP contribution in [-0.2, 0) is 9.53 Å². The summed E-state index contributed by atoms with van der Waals surface area (Å²) in [5, 5.41) is 7.05. The summed E-state index contributed by atoms with van der Waals surface area (Å²) in [5.74, 6) is -0.763. The molecule has 25 heavy (non-hydrogen) atoms. The molecule has 2 heterocycles. The van der Waals surface area contributed by atoms with Crippen molar-refractivity contribution in [3.05, 3.63) is 70.4 Å². The van der Waals surface area contributed by atoms with Crippen LogP contribution in [0, 0.1) is 0 Å². The second-order valence-corrected chi connectivity index (χ2v) is 6.88. The summed E-state index contributed by atoms with van der Waals surface area (Å²) in [7, 11) is 1.33. The maximum absolute atomic E-state index is 12.2. The molecule has 3 aromatic rings. The third kappa shape index (κ3) is 4.04. The second kappa shape index (κ2) is 7.92. The number of esters is 1. The fraction of sp³-hybridized carbons (Fsp3) is 0.0526. The van der Waals surface area contributed by atoms with Gasteiger partial charge in [-0.25, -0.2) is 4.79 Å². The van der Waals surface area contributed by atoms with Crippen LogP contribution < -0.4 is 5.32 Å². The first-order valence-electron chi connectivity index (χ1n) is 7.47. The van der Waals surface area contributed by atoms with Gasteiger partial charge in [0.25, 0.3) is 0 Å². The Morgan fingerprint density at radius 3 is 2.56 bits per heavy atom. The lowest BCUT2D eigenvalue weighted by Crippen LogP contribution is -2.11. The van der Waals surface area contributed by atoms with Crippen LogP contribution in [0.4, 0.5) is 5.00 Å². The van der Waals surface area contributed by atoms with E-state index in [-0.39, 0.29) is 5.91 Å². The number of carbonyl (C=O) groups is 2. The quantitative estimate of drug-likeness (QED) is 0.513. The van der Waals surface area contributed by atoms with E-state index in [4.69, 9.17) is 4.74 Å². The molecule has 0 spiro atoms. The molecule has 0 unspecified atom stereocenters. The van der Waals surface area contributed by atoms with Gasteiger partial charge in [0.2, 0.25) is 5.91 Å². The van der Waals surface area contributed by atoms with E-state index < -0.39 is 5.97 Å². The number of ether oxygens (including phenoxy) is 1. The Hall–Kier alpha value is -2.70. The van der Waals surface area contributed by atoms with Gasteiger partial charge in [-0.2, -0.15) is 0 Å². The Labute approximate surface area is 153 Å². The molecule has 2 aromatic heterocycles. The predicted octanol–water partition coefficient (Wildman–Crippen LogP) is 4.92. The zero-order valence-electron chi connectivity index (χ0n) is 13.4. The number of carbonyl (C=O) groups excluding carboxylic acids is 2. The van der Waals surface area contributed by atoms with Crippen molar-refractivity contribution in [3.8, 4) is 10.4 Å². The van der Waals surface area contributed by atoms with Crippen LogP contribution in [0.3, 0.4) is 0 Å². The topological polar surface area (TPSA) is 55.4 Å². The molecule has 0 saturated heterocycles. The summed E-state index contributed by atoms with van der Waals surface area (Å²) in [6.07, 6.45) is 3.17. The Balaban J connectivity index is 1.84. The molecular formula is C19H15NO3S2. The monoisotopic (exact) mass is 369 g/mol. The summed E-state index contributed by atoms with van der Waals surface area (Å²) >= 11 is 2.84. The van der Waals surface area contributed by atoms with E-state index in [1.165, 1.54) is 35.9 Å². The number of nitrogens with one attached hydrogen (secondary N) is 1. The van der Waals surface area contributed by atoms with Crippen molar-refractivity contribution in [3.63, 3.8) is 0 Å². The first-order chi connectivity index (χ1) is 12.2. The highest BCUT2D eigenvalue weighted by molar-refractivity contribution is 7.17. The number of rotatable bonds is 5. The minimum absolute atomic E-state index is 0.298. The number of benzene rings is 1. The van der Waals surface area contributed by atoms with Gasteiger partial charge >= 0.3 is 5.97 Å². The molecular weight excluding hydrogens is 354 g/mol. The molecule has 0 aliphatic heterocycles. The van der Waals surface area contributed by atoms with Crippen molar-refractivity contribution in [2.75, 3.05) is 12.4 Å². The van der Waals surface area contributed by atoms with E-state index in [1.807, 2.05) is 53.2 Å². The van der Waals surface area contributed by atoms with Crippen LogP contribution in [0.2, 0.25) is 0 Å². The highest BCUT2D eigenvalue weighted by Gasteiger charge is 2.22. The molecule has 0 aliphatic carbocycles. The maximum atomic E-state index is 12.2. The van der Waals surface area contributed by atoms with Crippen LogP contribution in [0.25, 0.3) is 16.5 Å². The van der Waals surface area contributed by atoms with Gasteiger partial charge in [0.1, 0.15) is 10.6 Å². The first kappa shape index (κ1) is 17.1. The average Bonchev–Trinajstić information content (AvgIpc) is 3.30. The van der Waals surface area contributed by atoms with Crippen molar-refractivity contribution >= 4 is 45.6 Å².